The van der Waals surface area contributed by atoms with E-state index in [1.54, 1.807) is 0 Å². The molecule has 2 aromatic rings. The van der Waals surface area contributed by atoms with Crippen LogP contribution in [0.3, 0.4) is 0 Å². The number of alkyl halides is 5. The van der Waals surface area contributed by atoms with E-state index in [1.165, 1.54) is 24.3 Å². The molecule has 0 heterocycles. The Kier molecular flexibility index (Phi) is 8.64. The summed E-state index contributed by atoms with van der Waals surface area (Å²) in [6, 6.07) is 9.82. The first-order valence-electron chi connectivity index (χ1n) is 8.83. The standard InChI is InChI=1S/C20H16F5NO6/c21-19(22)32-15-7-5-13(6-8-15)17(28)26-16(27)10-31-18(29)14-3-1-12(2-4-14)9-30-11-20(23,24)25/h1-8,19H,9-11H2,(H,26,27,28). The molecule has 0 saturated carbocycles. The molecule has 0 aliphatic heterocycles. The van der Waals surface area contributed by atoms with Crippen molar-refractivity contribution in [1.82, 2.24) is 5.32 Å². The maximum Gasteiger partial charge on any atom is 0.411 e. The summed E-state index contributed by atoms with van der Waals surface area (Å²) in [4.78, 5) is 35.7. The van der Waals surface area contributed by atoms with Gasteiger partial charge >= 0.3 is 18.8 Å². The second kappa shape index (κ2) is 11.2. The van der Waals surface area contributed by atoms with E-state index in [0.29, 0.717) is 5.56 Å². The number of halogens is 5. The molecule has 0 atom stereocenters. The smallest absolute Gasteiger partial charge is 0.411 e. The van der Waals surface area contributed by atoms with Crippen molar-refractivity contribution in [3.63, 3.8) is 0 Å². The molecule has 7 nitrogen and oxygen atoms in total. The summed E-state index contributed by atoms with van der Waals surface area (Å²) >= 11 is 0. The molecule has 172 valence electrons. The van der Waals surface area contributed by atoms with Crippen LogP contribution >= 0.6 is 0 Å². The molecular weight excluding hydrogens is 445 g/mol. The molecule has 0 aliphatic carbocycles. The second-order valence-corrected chi connectivity index (χ2v) is 6.16. The highest BCUT2D eigenvalue weighted by Crippen LogP contribution is 2.16. The molecule has 2 rings (SSSR count). The van der Waals surface area contributed by atoms with E-state index >= 15 is 0 Å². The van der Waals surface area contributed by atoms with Crippen LogP contribution in [0.1, 0.15) is 26.3 Å². The zero-order chi connectivity index (χ0) is 23.7. The summed E-state index contributed by atoms with van der Waals surface area (Å²) in [5.41, 5.74) is 0.395. The number of hydrogen-bond donors (Lipinski definition) is 1. The summed E-state index contributed by atoms with van der Waals surface area (Å²) in [7, 11) is 0. The van der Waals surface area contributed by atoms with Gasteiger partial charge in [0.15, 0.2) is 6.61 Å². The van der Waals surface area contributed by atoms with Crippen molar-refractivity contribution >= 4 is 17.8 Å². The van der Waals surface area contributed by atoms with Crippen LogP contribution in [0, 0.1) is 0 Å². The van der Waals surface area contributed by atoms with Gasteiger partial charge in [-0.2, -0.15) is 22.0 Å². The Balaban J connectivity index is 1.78. The first-order chi connectivity index (χ1) is 15.0. The predicted octanol–water partition coefficient (Wildman–Crippen LogP) is 3.48. The SMILES string of the molecule is O=C(COC(=O)c1ccc(COCC(F)(F)F)cc1)NC(=O)c1ccc(OC(F)F)cc1. The van der Waals surface area contributed by atoms with E-state index in [-0.39, 0.29) is 23.5 Å². The quantitative estimate of drug-likeness (QED) is 0.454. The number of imide groups is 1. The zero-order valence-corrected chi connectivity index (χ0v) is 16.2. The van der Waals surface area contributed by atoms with Crippen molar-refractivity contribution in [3.8, 4) is 5.75 Å². The Hall–Kier alpha value is -3.54. The van der Waals surface area contributed by atoms with Crippen molar-refractivity contribution in [1.29, 1.82) is 0 Å². The molecule has 1 N–H and O–H groups in total. The van der Waals surface area contributed by atoms with Crippen LogP contribution in [0.5, 0.6) is 5.75 Å². The third-order valence-corrected chi connectivity index (χ3v) is 3.65. The van der Waals surface area contributed by atoms with E-state index in [4.69, 9.17) is 4.74 Å². The molecule has 0 spiro atoms. The van der Waals surface area contributed by atoms with E-state index in [2.05, 4.69) is 9.47 Å². The van der Waals surface area contributed by atoms with Gasteiger partial charge in [0.2, 0.25) is 0 Å². The van der Waals surface area contributed by atoms with Gasteiger partial charge in [-0.15, -0.1) is 0 Å². The Labute approximate surface area is 178 Å². The topological polar surface area (TPSA) is 90.9 Å². The number of amides is 2. The monoisotopic (exact) mass is 461 g/mol. The molecular formula is C20H16F5NO6. The molecule has 0 unspecified atom stereocenters. The number of carbonyl (C=O) groups is 3. The van der Waals surface area contributed by atoms with Crippen LogP contribution in [0.2, 0.25) is 0 Å². The lowest BCUT2D eigenvalue weighted by Gasteiger charge is -2.09. The molecule has 12 heteroatoms. The van der Waals surface area contributed by atoms with Gasteiger partial charge in [-0.05, 0) is 42.0 Å². The van der Waals surface area contributed by atoms with Crippen LogP contribution in [-0.2, 0) is 20.9 Å². The lowest BCUT2D eigenvalue weighted by Crippen LogP contribution is -2.34. The molecule has 0 bridgehead atoms. The Bertz CT molecular complexity index is 929. The average molecular weight is 461 g/mol. The maximum atomic E-state index is 12.1. The number of hydrogen-bond acceptors (Lipinski definition) is 6. The first kappa shape index (κ1) is 24.7. The van der Waals surface area contributed by atoms with Gasteiger partial charge in [0.05, 0.1) is 12.2 Å². The number of nitrogens with one attached hydrogen (secondary N) is 1. The third-order valence-electron chi connectivity index (χ3n) is 3.65. The highest BCUT2D eigenvalue weighted by Gasteiger charge is 2.27. The van der Waals surface area contributed by atoms with Crippen molar-refractivity contribution in [2.24, 2.45) is 0 Å². The minimum Gasteiger partial charge on any atom is -0.452 e. The largest absolute Gasteiger partial charge is 0.452 e. The van der Waals surface area contributed by atoms with Crippen LogP contribution < -0.4 is 10.1 Å². The molecule has 2 aromatic carbocycles. The zero-order valence-electron chi connectivity index (χ0n) is 16.2. The minimum atomic E-state index is -4.45. The summed E-state index contributed by atoms with van der Waals surface area (Å²) < 4.78 is 73.7. The highest BCUT2D eigenvalue weighted by atomic mass is 19.4. The van der Waals surface area contributed by atoms with Gasteiger partial charge in [0, 0.05) is 5.56 Å². The fraction of sp³-hybridized carbons (Fsp3) is 0.250. The molecule has 2 amide bonds. The Morgan fingerprint density at radius 1 is 0.906 bits per heavy atom. The van der Waals surface area contributed by atoms with Gasteiger partial charge in [0.25, 0.3) is 11.8 Å². The van der Waals surface area contributed by atoms with Crippen molar-refractivity contribution in [2.75, 3.05) is 13.2 Å². The molecule has 32 heavy (non-hydrogen) atoms. The second-order valence-electron chi connectivity index (χ2n) is 6.16. The van der Waals surface area contributed by atoms with Crippen LogP contribution in [-0.4, -0.2) is 43.8 Å². The lowest BCUT2D eigenvalue weighted by molar-refractivity contribution is -0.176. The van der Waals surface area contributed by atoms with Crippen molar-refractivity contribution < 1.29 is 50.5 Å². The number of rotatable bonds is 9. The number of benzene rings is 2. The van der Waals surface area contributed by atoms with E-state index < -0.39 is 43.8 Å². The van der Waals surface area contributed by atoms with Crippen molar-refractivity contribution in [3.05, 3.63) is 65.2 Å². The van der Waals surface area contributed by atoms with Crippen molar-refractivity contribution in [2.45, 2.75) is 19.4 Å². The van der Waals surface area contributed by atoms with E-state index in [0.717, 1.165) is 24.3 Å². The summed E-state index contributed by atoms with van der Waals surface area (Å²) in [5, 5.41) is 1.96. The molecule has 0 aromatic heterocycles. The lowest BCUT2D eigenvalue weighted by atomic mass is 10.1. The fourth-order valence-electron chi connectivity index (χ4n) is 2.26. The van der Waals surface area contributed by atoms with Gasteiger partial charge in [-0.3, -0.25) is 14.9 Å². The highest BCUT2D eigenvalue weighted by molar-refractivity contribution is 6.05. The number of carbonyl (C=O) groups excluding carboxylic acids is 3. The molecule has 0 aliphatic rings. The summed E-state index contributed by atoms with van der Waals surface area (Å²) in [5.74, 6) is -2.86. The maximum absolute atomic E-state index is 12.1. The summed E-state index contributed by atoms with van der Waals surface area (Å²) in [6.07, 6.45) is -4.45. The molecule has 0 radical (unpaired) electrons. The minimum absolute atomic E-state index is 0.0189. The Morgan fingerprint density at radius 3 is 2.06 bits per heavy atom. The normalized spacial score (nSPS) is 11.2. The van der Waals surface area contributed by atoms with Crippen LogP contribution in [0.15, 0.2) is 48.5 Å². The van der Waals surface area contributed by atoms with Crippen LogP contribution in [0.4, 0.5) is 22.0 Å². The molecule has 0 saturated heterocycles. The van der Waals surface area contributed by atoms with E-state index in [1.807, 2.05) is 5.32 Å². The first-order valence-corrected chi connectivity index (χ1v) is 8.83. The van der Waals surface area contributed by atoms with Gasteiger partial charge < -0.3 is 14.2 Å². The van der Waals surface area contributed by atoms with E-state index in [9.17, 15) is 36.3 Å². The Morgan fingerprint density at radius 2 is 1.50 bits per heavy atom. The summed E-state index contributed by atoms with van der Waals surface area (Å²) in [6.45, 7) is -5.52. The van der Waals surface area contributed by atoms with Crippen LogP contribution in [0.25, 0.3) is 0 Å². The predicted molar refractivity (Wildman–Crippen MR) is 98.0 cm³/mol. The third kappa shape index (κ3) is 8.68. The van der Waals surface area contributed by atoms with Gasteiger partial charge in [-0.25, -0.2) is 4.79 Å². The molecule has 0 fully saturated rings. The number of ether oxygens (including phenoxy) is 3. The van der Waals surface area contributed by atoms with Gasteiger partial charge in [0.1, 0.15) is 12.4 Å². The number of esters is 1. The van der Waals surface area contributed by atoms with Gasteiger partial charge in [-0.1, -0.05) is 12.1 Å². The average Bonchev–Trinajstić information content (AvgIpc) is 2.71. The fourth-order valence-corrected chi connectivity index (χ4v) is 2.26.